The molecule has 0 bridgehead atoms. The normalized spacial score (nSPS) is 12.2. The van der Waals surface area contributed by atoms with Gasteiger partial charge in [0.2, 0.25) is 11.8 Å². The highest BCUT2D eigenvalue weighted by atomic mass is 16.2. The maximum Gasteiger partial charge on any atom is 0.222 e. The van der Waals surface area contributed by atoms with Crippen molar-refractivity contribution in [1.82, 2.24) is 4.90 Å². The van der Waals surface area contributed by atoms with Gasteiger partial charge in [-0.25, -0.2) is 0 Å². The highest BCUT2D eigenvalue weighted by Gasteiger charge is 2.11. The number of rotatable bonds is 4. The van der Waals surface area contributed by atoms with Gasteiger partial charge >= 0.3 is 0 Å². The first-order valence-electron chi connectivity index (χ1n) is 3.94. The molecule has 0 aromatic rings. The summed E-state index contributed by atoms with van der Waals surface area (Å²) >= 11 is 0. The van der Waals surface area contributed by atoms with Crippen molar-refractivity contribution < 1.29 is 9.59 Å². The zero-order valence-corrected chi connectivity index (χ0v) is 7.83. The smallest absolute Gasteiger partial charge is 0.222 e. The highest BCUT2D eigenvalue weighted by Crippen LogP contribution is 2.05. The minimum absolute atomic E-state index is 0.0306. The van der Waals surface area contributed by atoms with Crippen LogP contribution in [-0.4, -0.2) is 30.8 Å². The Morgan fingerprint density at radius 1 is 1.42 bits per heavy atom. The number of hydrogen-bond acceptors (Lipinski definition) is 2. The molecule has 0 radical (unpaired) electrons. The fourth-order valence-electron chi connectivity index (χ4n) is 0.706. The van der Waals surface area contributed by atoms with E-state index in [1.807, 2.05) is 0 Å². The first kappa shape index (κ1) is 10.9. The van der Waals surface area contributed by atoms with Crippen molar-refractivity contribution in [2.24, 2.45) is 11.7 Å². The molecule has 0 saturated heterocycles. The summed E-state index contributed by atoms with van der Waals surface area (Å²) in [6.07, 6.45) is 0.920. The van der Waals surface area contributed by atoms with Crippen LogP contribution in [0.3, 0.4) is 0 Å². The minimum atomic E-state index is -0.346. The van der Waals surface area contributed by atoms with Crippen molar-refractivity contribution in [2.75, 3.05) is 14.1 Å². The molecular weight excluding hydrogens is 156 g/mol. The van der Waals surface area contributed by atoms with Crippen LogP contribution in [0.1, 0.15) is 19.8 Å². The van der Waals surface area contributed by atoms with Crippen molar-refractivity contribution >= 4 is 11.8 Å². The Labute approximate surface area is 72.7 Å². The molecule has 0 aliphatic rings. The number of carbonyl (C=O) groups excluding carboxylic acids is 2. The van der Waals surface area contributed by atoms with Gasteiger partial charge in [0.25, 0.3) is 0 Å². The van der Waals surface area contributed by atoms with E-state index in [1.54, 1.807) is 21.0 Å². The molecule has 2 amide bonds. The SMILES string of the molecule is C[C@H](CCC(=O)N(C)C)C(N)=O. The molecule has 0 saturated carbocycles. The predicted octanol–water partition coefficient (Wildman–Crippen LogP) is -0.0238. The summed E-state index contributed by atoms with van der Waals surface area (Å²) < 4.78 is 0. The molecule has 0 rings (SSSR count). The number of hydrogen-bond donors (Lipinski definition) is 1. The van der Waals surface area contributed by atoms with Crippen molar-refractivity contribution in [2.45, 2.75) is 19.8 Å². The second kappa shape index (κ2) is 4.74. The third-order valence-corrected chi connectivity index (χ3v) is 1.78. The van der Waals surface area contributed by atoms with Gasteiger partial charge in [0.15, 0.2) is 0 Å². The van der Waals surface area contributed by atoms with Crippen LogP contribution < -0.4 is 5.73 Å². The monoisotopic (exact) mass is 172 g/mol. The molecule has 2 N–H and O–H groups in total. The van der Waals surface area contributed by atoms with E-state index >= 15 is 0 Å². The second-order valence-electron chi connectivity index (χ2n) is 3.13. The van der Waals surface area contributed by atoms with E-state index < -0.39 is 0 Å². The maximum atomic E-state index is 11.0. The summed E-state index contributed by atoms with van der Waals surface area (Å²) in [6, 6.07) is 0. The highest BCUT2D eigenvalue weighted by molar-refractivity contribution is 5.79. The third kappa shape index (κ3) is 3.95. The second-order valence-corrected chi connectivity index (χ2v) is 3.13. The van der Waals surface area contributed by atoms with Crippen LogP contribution in [0, 0.1) is 5.92 Å². The third-order valence-electron chi connectivity index (χ3n) is 1.78. The molecule has 4 nitrogen and oxygen atoms in total. The zero-order valence-electron chi connectivity index (χ0n) is 7.83. The lowest BCUT2D eigenvalue weighted by molar-refractivity contribution is -0.129. The fourth-order valence-corrected chi connectivity index (χ4v) is 0.706. The Bertz CT molecular complexity index is 178. The van der Waals surface area contributed by atoms with Crippen molar-refractivity contribution in [1.29, 1.82) is 0 Å². The standard InChI is InChI=1S/C8H16N2O2/c1-6(8(9)12)4-5-7(11)10(2)3/h6H,4-5H2,1-3H3,(H2,9,12)/t6-/m1/s1. The fraction of sp³-hybridized carbons (Fsp3) is 0.750. The van der Waals surface area contributed by atoms with Crippen LogP contribution in [0.25, 0.3) is 0 Å². The van der Waals surface area contributed by atoms with Crippen LogP contribution >= 0.6 is 0 Å². The molecule has 4 heteroatoms. The molecule has 0 aromatic heterocycles. The minimum Gasteiger partial charge on any atom is -0.369 e. The number of nitrogens with zero attached hydrogens (tertiary/aromatic N) is 1. The summed E-state index contributed by atoms with van der Waals surface area (Å²) in [5, 5.41) is 0. The lowest BCUT2D eigenvalue weighted by Crippen LogP contribution is -2.25. The van der Waals surface area contributed by atoms with Gasteiger partial charge in [-0.15, -0.1) is 0 Å². The van der Waals surface area contributed by atoms with Gasteiger partial charge < -0.3 is 10.6 Å². The van der Waals surface area contributed by atoms with Gasteiger partial charge in [0.05, 0.1) is 0 Å². The van der Waals surface area contributed by atoms with Crippen LogP contribution in [0.2, 0.25) is 0 Å². The van der Waals surface area contributed by atoms with E-state index in [2.05, 4.69) is 0 Å². The molecular formula is C8H16N2O2. The quantitative estimate of drug-likeness (QED) is 0.647. The summed E-state index contributed by atoms with van der Waals surface area (Å²) in [4.78, 5) is 23.1. The lowest BCUT2D eigenvalue weighted by Gasteiger charge is -2.11. The molecule has 0 aliphatic carbocycles. The molecule has 0 aliphatic heterocycles. The molecule has 12 heavy (non-hydrogen) atoms. The Morgan fingerprint density at radius 2 is 1.92 bits per heavy atom. The summed E-state index contributed by atoms with van der Waals surface area (Å²) in [5.41, 5.74) is 5.03. The van der Waals surface area contributed by atoms with Crippen molar-refractivity contribution in [3.8, 4) is 0 Å². The number of nitrogens with two attached hydrogens (primary N) is 1. The molecule has 0 unspecified atom stereocenters. The Hall–Kier alpha value is -1.06. The Balaban J connectivity index is 3.69. The van der Waals surface area contributed by atoms with E-state index in [9.17, 15) is 9.59 Å². The van der Waals surface area contributed by atoms with Gasteiger partial charge in [0.1, 0.15) is 0 Å². The summed E-state index contributed by atoms with van der Waals surface area (Å²) in [7, 11) is 3.38. The molecule has 0 aromatic carbocycles. The van der Waals surface area contributed by atoms with Gasteiger partial charge in [-0.3, -0.25) is 9.59 Å². The van der Waals surface area contributed by atoms with E-state index in [4.69, 9.17) is 5.73 Å². The lowest BCUT2D eigenvalue weighted by atomic mass is 10.1. The topological polar surface area (TPSA) is 63.4 Å². The van der Waals surface area contributed by atoms with Crippen LogP contribution in [0.15, 0.2) is 0 Å². The van der Waals surface area contributed by atoms with E-state index in [0.717, 1.165) is 0 Å². The largest absolute Gasteiger partial charge is 0.369 e. The Morgan fingerprint density at radius 3 is 2.25 bits per heavy atom. The first-order valence-corrected chi connectivity index (χ1v) is 3.94. The average Bonchev–Trinajstić information content (AvgIpc) is 1.98. The van der Waals surface area contributed by atoms with Gasteiger partial charge in [-0.2, -0.15) is 0 Å². The number of amides is 2. The van der Waals surface area contributed by atoms with Crippen molar-refractivity contribution in [3.05, 3.63) is 0 Å². The van der Waals surface area contributed by atoms with Gasteiger partial charge in [-0.05, 0) is 6.42 Å². The number of carbonyl (C=O) groups is 2. The first-order chi connectivity index (χ1) is 5.45. The van der Waals surface area contributed by atoms with E-state index in [1.165, 1.54) is 4.90 Å². The van der Waals surface area contributed by atoms with E-state index in [0.29, 0.717) is 12.8 Å². The van der Waals surface area contributed by atoms with Crippen molar-refractivity contribution in [3.63, 3.8) is 0 Å². The summed E-state index contributed by atoms with van der Waals surface area (Å²) in [6.45, 7) is 1.73. The van der Waals surface area contributed by atoms with Crippen LogP contribution in [-0.2, 0) is 9.59 Å². The zero-order chi connectivity index (χ0) is 9.72. The molecule has 0 heterocycles. The maximum absolute atomic E-state index is 11.0. The predicted molar refractivity (Wildman–Crippen MR) is 46.3 cm³/mol. The molecule has 1 atom stereocenters. The molecule has 0 spiro atoms. The molecule has 0 fully saturated rings. The van der Waals surface area contributed by atoms with Crippen LogP contribution in [0.5, 0.6) is 0 Å². The summed E-state index contributed by atoms with van der Waals surface area (Å²) in [5.74, 6) is -0.529. The average molecular weight is 172 g/mol. The Kier molecular flexibility index (Phi) is 4.33. The number of primary amides is 1. The van der Waals surface area contributed by atoms with Crippen LogP contribution in [0.4, 0.5) is 0 Å². The van der Waals surface area contributed by atoms with Gasteiger partial charge in [0, 0.05) is 26.4 Å². The molecule has 70 valence electrons. The van der Waals surface area contributed by atoms with Gasteiger partial charge in [-0.1, -0.05) is 6.92 Å². The van der Waals surface area contributed by atoms with E-state index in [-0.39, 0.29) is 17.7 Å².